The third-order valence-electron chi connectivity index (χ3n) is 3.91. The molecule has 1 aromatic rings. The van der Waals surface area contributed by atoms with E-state index in [-0.39, 0.29) is 24.4 Å². The highest BCUT2D eigenvalue weighted by Gasteiger charge is 2.46. The standard InChI is InChI=1S/C14H14ClF3N2O.ClH/c15-8-2-1-3-9(16)12(8)7-4-10(7)20-13(21)11-5-14(17,18)6-19-11;/h1-3,7,10-11,19H,4-6H2,(H,20,21);1H. The number of benzene rings is 1. The van der Waals surface area contributed by atoms with E-state index in [9.17, 15) is 18.0 Å². The highest BCUT2D eigenvalue weighted by atomic mass is 35.5. The maximum Gasteiger partial charge on any atom is 0.262 e. The van der Waals surface area contributed by atoms with Crippen LogP contribution in [-0.4, -0.2) is 30.5 Å². The van der Waals surface area contributed by atoms with Crippen molar-refractivity contribution in [3.63, 3.8) is 0 Å². The summed E-state index contributed by atoms with van der Waals surface area (Å²) in [7, 11) is 0. The number of nitrogens with one attached hydrogen (secondary N) is 2. The van der Waals surface area contributed by atoms with Crippen molar-refractivity contribution in [3.8, 4) is 0 Å². The fourth-order valence-electron chi connectivity index (χ4n) is 2.72. The fourth-order valence-corrected chi connectivity index (χ4v) is 3.03. The molecule has 3 rings (SSSR count). The monoisotopic (exact) mass is 354 g/mol. The van der Waals surface area contributed by atoms with Crippen LogP contribution in [0.25, 0.3) is 0 Å². The maximum absolute atomic E-state index is 13.7. The Morgan fingerprint density at radius 3 is 2.73 bits per heavy atom. The summed E-state index contributed by atoms with van der Waals surface area (Å²) in [5.74, 6) is -3.91. The highest BCUT2D eigenvalue weighted by molar-refractivity contribution is 6.31. The number of hydrogen-bond acceptors (Lipinski definition) is 2. The summed E-state index contributed by atoms with van der Waals surface area (Å²) in [5, 5.41) is 5.49. The van der Waals surface area contributed by atoms with Crippen LogP contribution in [0.1, 0.15) is 24.3 Å². The predicted molar refractivity (Wildman–Crippen MR) is 79.3 cm³/mol. The summed E-state index contributed by atoms with van der Waals surface area (Å²) >= 11 is 5.97. The van der Waals surface area contributed by atoms with Crippen LogP contribution < -0.4 is 10.6 Å². The van der Waals surface area contributed by atoms with Crippen molar-refractivity contribution in [1.29, 1.82) is 0 Å². The van der Waals surface area contributed by atoms with Crippen LogP contribution in [0.3, 0.4) is 0 Å². The number of hydrogen-bond donors (Lipinski definition) is 2. The predicted octanol–water partition coefficient (Wildman–Crippen LogP) is 2.87. The molecule has 1 saturated carbocycles. The van der Waals surface area contributed by atoms with Crippen LogP contribution in [0.2, 0.25) is 5.02 Å². The van der Waals surface area contributed by atoms with Gasteiger partial charge in [0.25, 0.3) is 5.92 Å². The van der Waals surface area contributed by atoms with E-state index in [2.05, 4.69) is 10.6 Å². The van der Waals surface area contributed by atoms with Crippen LogP contribution in [0, 0.1) is 5.82 Å². The average molecular weight is 355 g/mol. The second-order valence-corrected chi connectivity index (χ2v) is 5.99. The van der Waals surface area contributed by atoms with Gasteiger partial charge in [0.05, 0.1) is 12.6 Å². The zero-order valence-electron chi connectivity index (χ0n) is 11.4. The van der Waals surface area contributed by atoms with Crippen molar-refractivity contribution >= 4 is 29.9 Å². The lowest BCUT2D eigenvalue weighted by Crippen LogP contribution is -2.41. The van der Waals surface area contributed by atoms with Crippen LogP contribution in [0.4, 0.5) is 13.2 Å². The molecule has 122 valence electrons. The molecule has 1 amide bonds. The minimum absolute atomic E-state index is 0. The van der Waals surface area contributed by atoms with Crippen molar-refractivity contribution in [3.05, 3.63) is 34.6 Å². The van der Waals surface area contributed by atoms with Gasteiger partial charge in [-0.3, -0.25) is 10.1 Å². The molecule has 3 atom stereocenters. The Morgan fingerprint density at radius 1 is 1.41 bits per heavy atom. The van der Waals surface area contributed by atoms with Gasteiger partial charge in [-0.05, 0) is 18.6 Å². The van der Waals surface area contributed by atoms with Crippen LogP contribution in [0.5, 0.6) is 0 Å². The normalized spacial score (nSPS) is 28.8. The second-order valence-electron chi connectivity index (χ2n) is 5.59. The molecule has 3 nitrogen and oxygen atoms in total. The first-order valence-electron chi connectivity index (χ1n) is 6.73. The number of halogens is 5. The lowest BCUT2D eigenvalue weighted by molar-refractivity contribution is -0.123. The van der Waals surface area contributed by atoms with Crippen LogP contribution in [0.15, 0.2) is 18.2 Å². The molecule has 2 aliphatic rings. The van der Waals surface area contributed by atoms with E-state index in [0.717, 1.165) is 0 Å². The molecule has 1 saturated heterocycles. The molecule has 1 heterocycles. The summed E-state index contributed by atoms with van der Waals surface area (Å²) < 4.78 is 39.8. The van der Waals surface area contributed by atoms with E-state index >= 15 is 0 Å². The van der Waals surface area contributed by atoms with Crippen molar-refractivity contribution in [2.75, 3.05) is 6.54 Å². The Hall–Kier alpha value is -0.980. The number of amides is 1. The van der Waals surface area contributed by atoms with Crippen LogP contribution >= 0.6 is 24.0 Å². The van der Waals surface area contributed by atoms with E-state index in [1.807, 2.05) is 0 Å². The van der Waals surface area contributed by atoms with Gasteiger partial charge in [0.2, 0.25) is 5.91 Å². The molecule has 0 bridgehead atoms. The molecule has 3 unspecified atom stereocenters. The van der Waals surface area contributed by atoms with Gasteiger partial charge < -0.3 is 5.32 Å². The van der Waals surface area contributed by atoms with E-state index in [1.54, 1.807) is 6.07 Å². The van der Waals surface area contributed by atoms with Gasteiger partial charge in [-0.2, -0.15) is 0 Å². The van der Waals surface area contributed by atoms with E-state index in [0.29, 0.717) is 17.0 Å². The van der Waals surface area contributed by atoms with Gasteiger partial charge >= 0.3 is 0 Å². The van der Waals surface area contributed by atoms with Crippen molar-refractivity contribution in [2.24, 2.45) is 0 Å². The maximum atomic E-state index is 13.7. The molecule has 1 aliphatic heterocycles. The molecule has 2 fully saturated rings. The Kier molecular flexibility index (Phi) is 4.94. The molecule has 1 aliphatic carbocycles. The first kappa shape index (κ1) is 17.4. The lowest BCUT2D eigenvalue weighted by Gasteiger charge is -2.11. The number of carbonyl (C=O) groups excluding carboxylic acids is 1. The van der Waals surface area contributed by atoms with E-state index < -0.39 is 36.7 Å². The fraction of sp³-hybridized carbons (Fsp3) is 0.500. The zero-order valence-corrected chi connectivity index (χ0v) is 13.0. The first-order valence-corrected chi connectivity index (χ1v) is 7.11. The number of rotatable bonds is 3. The Bertz CT molecular complexity index is 565. The molecule has 8 heteroatoms. The second kappa shape index (κ2) is 6.26. The summed E-state index contributed by atoms with van der Waals surface area (Å²) in [4.78, 5) is 11.9. The number of alkyl halides is 2. The first-order chi connectivity index (χ1) is 9.87. The molecule has 2 N–H and O–H groups in total. The number of carbonyl (C=O) groups is 1. The minimum atomic E-state index is -2.85. The quantitative estimate of drug-likeness (QED) is 0.876. The Balaban J connectivity index is 0.00000176. The molecule has 1 aromatic carbocycles. The zero-order chi connectivity index (χ0) is 15.2. The van der Waals surface area contributed by atoms with Gasteiger partial charge in [0, 0.05) is 29.0 Å². The van der Waals surface area contributed by atoms with Gasteiger partial charge in [-0.15, -0.1) is 12.4 Å². The largest absolute Gasteiger partial charge is 0.351 e. The van der Waals surface area contributed by atoms with Crippen molar-refractivity contribution in [1.82, 2.24) is 10.6 Å². The molecular formula is C14H15Cl2F3N2O. The third-order valence-corrected chi connectivity index (χ3v) is 4.24. The topological polar surface area (TPSA) is 41.1 Å². The van der Waals surface area contributed by atoms with E-state index in [4.69, 9.17) is 11.6 Å². The smallest absolute Gasteiger partial charge is 0.262 e. The molecule has 0 spiro atoms. The third kappa shape index (κ3) is 3.50. The Labute approximate surface area is 137 Å². The van der Waals surface area contributed by atoms with Gasteiger partial charge in [0.1, 0.15) is 5.82 Å². The van der Waals surface area contributed by atoms with Crippen molar-refractivity contribution < 1.29 is 18.0 Å². The van der Waals surface area contributed by atoms with Crippen LogP contribution in [-0.2, 0) is 4.79 Å². The SMILES string of the molecule is Cl.O=C(NC1CC1c1c(F)cccc1Cl)C1CC(F)(F)CN1. The molecule has 0 aromatic heterocycles. The minimum Gasteiger partial charge on any atom is -0.351 e. The summed E-state index contributed by atoms with van der Waals surface area (Å²) in [6.07, 6.45) is 0.0617. The lowest BCUT2D eigenvalue weighted by atomic mass is 10.1. The summed E-state index contributed by atoms with van der Waals surface area (Å²) in [5.41, 5.74) is 0.383. The summed E-state index contributed by atoms with van der Waals surface area (Å²) in [6, 6.07) is 3.29. The average Bonchev–Trinajstić information content (AvgIpc) is 3.02. The van der Waals surface area contributed by atoms with Gasteiger partial charge in [0.15, 0.2) is 0 Å². The summed E-state index contributed by atoms with van der Waals surface area (Å²) in [6.45, 7) is -0.488. The molecular weight excluding hydrogens is 340 g/mol. The van der Waals surface area contributed by atoms with Crippen molar-refractivity contribution in [2.45, 2.75) is 36.8 Å². The molecule has 22 heavy (non-hydrogen) atoms. The van der Waals surface area contributed by atoms with Gasteiger partial charge in [-0.25, -0.2) is 13.2 Å². The highest BCUT2D eigenvalue weighted by Crippen LogP contribution is 2.45. The molecule has 0 radical (unpaired) electrons. The Morgan fingerprint density at radius 2 is 2.14 bits per heavy atom. The van der Waals surface area contributed by atoms with Gasteiger partial charge in [-0.1, -0.05) is 17.7 Å². The van der Waals surface area contributed by atoms with E-state index in [1.165, 1.54) is 12.1 Å².